The van der Waals surface area contributed by atoms with E-state index < -0.39 is 0 Å². The first kappa shape index (κ1) is 18.1. The van der Waals surface area contributed by atoms with Crippen LogP contribution in [-0.2, 0) is 13.1 Å². The van der Waals surface area contributed by atoms with Crippen LogP contribution in [0.25, 0.3) is 0 Å². The molecule has 0 amide bonds. The Labute approximate surface area is 137 Å². The Bertz CT molecular complexity index is 579. The number of nitrogens with zero attached hydrogens (tertiary/aromatic N) is 1. The molecule has 0 aliphatic heterocycles. The van der Waals surface area contributed by atoms with Gasteiger partial charge in [0.2, 0.25) is 0 Å². The molecule has 0 radical (unpaired) electrons. The maximum absolute atomic E-state index is 5.40. The summed E-state index contributed by atoms with van der Waals surface area (Å²) in [5, 5.41) is 3.34. The van der Waals surface area contributed by atoms with Crippen LogP contribution in [0.4, 0.5) is 0 Å². The van der Waals surface area contributed by atoms with Crippen LogP contribution in [0.3, 0.4) is 0 Å². The number of pyridine rings is 1. The van der Waals surface area contributed by atoms with E-state index in [2.05, 4.69) is 10.3 Å². The van der Waals surface area contributed by atoms with Crippen LogP contribution < -0.4 is 31.9 Å². The Morgan fingerprint density at radius 2 is 1.59 bits per heavy atom. The highest BCUT2D eigenvalue weighted by Crippen LogP contribution is 2.34. The van der Waals surface area contributed by atoms with E-state index in [4.69, 9.17) is 14.2 Å². The van der Waals surface area contributed by atoms with Crippen molar-refractivity contribution in [1.29, 1.82) is 0 Å². The van der Waals surface area contributed by atoms with Crippen LogP contribution in [0.15, 0.2) is 36.5 Å². The van der Waals surface area contributed by atoms with Crippen LogP contribution in [0.1, 0.15) is 11.3 Å². The molecule has 0 unspecified atom stereocenters. The van der Waals surface area contributed by atoms with Crippen molar-refractivity contribution in [2.24, 2.45) is 0 Å². The molecule has 1 N–H and O–H groups in total. The number of benzene rings is 1. The predicted octanol–water partition coefficient (Wildman–Crippen LogP) is -0.599. The first-order valence-corrected chi connectivity index (χ1v) is 6.68. The third kappa shape index (κ3) is 4.51. The average molecular weight is 324 g/mol. The minimum absolute atomic E-state index is 0. The van der Waals surface area contributed by atoms with Crippen molar-refractivity contribution in [2.45, 2.75) is 13.1 Å². The zero-order valence-corrected chi connectivity index (χ0v) is 13.7. The summed E-state index contributed by atoms with van der Waals surface area (Å²) in [4.78, 5) is 4.28. The molecule has 0 aliphatic rings. The largest absolute Gasteiger partial charge is 1.00 e. The van der Waals surface area contributed by atoms with Gasteiger partial charge in [-0.2, -0.15) is 0 Å². The van der Waals surface area contributed by atoms with Gasteiger partial charge in [-0.15, -0.1) is 0 Å². The SMILES string of the molecule is COc1cc(OC)c(OC)cc1CNCc1ccccn1.[Cl-]. The maximum Gasteiger partial charge on any atom is 0.164 e. The first-order valence-electron chi connectivity index (χ1n) is 6.68. The summed E-state index contributed by atoms with van der Waals surface area (Å²) in [6.45, 7) is 1.35. The molecule has 5 nitrogen and oxygen atoms in total. The number of hydrogen-bond donors (Lipinski definition) is 1. The Morgan fingerprint density at radius 3 is 2.18 bits per heavy atom. The molecule has 22 heavy (non-hydrogen) atoms. The monoisotopic (exact) mass is 323 g/mol. The molecule has 2 aromatic rings. The van der Waals surface area contributed by atoms with E-state index >= 15 is 0 Å². The van der Waals surface area contributed by atoms with Crippen molar-refractivity contribution >= 4 is 0 Å². The summed E-state index contributed by atoms with van der Waals surface area (Å²) in [5.74, 6) is 2.11. The highest BCUT2D eigenvalue weighted by atomic mass is 35.5. The molecule has 1 heterocycles. The molecule has 0 bridgehead atoms. The van der Waals surface area contributed by atoms with Gasteiger partial charge >= 0.3 is 0 Å². The van der Waals surface area contributed by atoms with Gasteiger partial charge in [0.05, 0.1) is 27.0 Å². The fourth-order valence-corrected chi connectivity index (χ4v) is 2.06. The van der Waals surface area contributed by atoms with Crippen LogP contribution in [-0.4, -0.2) is 26.3 Å². The van der Waals surface area contributed by atoms with E-state index in [1.807, 2.05) is 30.3 Å². The summed E-state index contributed by atoms with van der Waals surface area (Å²) >= 11 is 0. The Morgan fingerprint density at radius 1 is 0.909 bits per heavy atom. The van der Waals surface area contributed by atoms with Crippen molar-refractivity contribution in [3.63, 3.8) is 0 Å². The number of ether oxygens (including phenoxy) is 3. The van der Waals surface area contributed by atoms with Gasteiger partial charge in [-0.3, -0.25) is 4.98 Å². The molecule has 0 atom stereocenters. The average Bonchev–Trinajstić information content (AvgIpc) is 2.55. The molecule has 1 aromatic carbocycles. The molecule has 0 aliphatic carbocycles. The highest BCUT2D eigenvalue weighted by molar-refractivity contribution is 5.50. The van der Waals surface area contributed by atoms with Crippen LogP contribution in [0, 0.1) is 0 Å². The molecule has 1 aromatic heterocycles. The lowest BCUT2D eigenvalue weighted by atomic mass is 10.1. The molecule has 120 valence electrons. The second-order valence-corrected chi connectivity index (χ2v) is 4.44. The van der Waals surface area contributed by atoms with Crippen LogP contribution >= 0.6 is 0 Å². The summed E-state index contributed by atoms with van der Waals surface area (Å²) in [5.41, 5.74) is 2.00. The molecule has 0 spiro atoms. The van der Waals surface area contributed by atoms with Gasteiger partial charge in [0.25, 0.3) is 0 Å². The smallest absolute Gasteiger partial charge is 0.164 e. The number of halogens is 1. The van der Waals surface area contributed by atoms with Crippen molar-refractivity contribution in [2.75, 3.05) is 21.3 Å². The quantitative estimate of drug-likeness (QED) is 0.737. The second kappa shape index (κ2) is 9.12. The topological polar surface area (TPSA) is 52.6 Å². The normalized spacial score (nSPS) is 9.77. The Balaban J connectivity index is 0.00000242. The van der Waals surface area contributed by atoms with Crippen LogP contribution in [0.2, 0.25) is 0 Å². The molecule has 0 fully saturated rings. The fraction of sp³-hybridized carbons (Fsp3) is 0.312. The summed E-state index contributed by atoms with van der Waals surface area (Å²) in [7, 11) is 4.87. The van der Waals surface area contributed by atoms with E-state index in [1.54, 1.807) is 27.5 Å². The van der Waals surface area contributed by atoms with Gasteiger partial charge in [-0.25, -0.2) is 0 Å². The predicted molar refractivity (Wildman–Crippen MR) is 80.9 cm³/mol. The number of hydrogen-bond acceptors (Lipinski definition) is 5. The molecular formula is C16H20ClN2O3-. The lowest BCUT2D eigenvalue weighted by Gasteiger charge is -2.14. The minimum Gasteiger partial charge on any atom is -1.00 e. The van der Waals surface area contributed by atoms with Crippen LogP contribution in [0.5, 0.6) is 17.2 Å². The Kier molecular flexibility index (Phi) is 7.49. The number of nitrogens with one attached hydrogen (secondary N) is 1. The maximum atomic E-state index is 5.40. The van der Waals surface area contributed by atoms with Gasteiger partial charge in [-0.1, -0.05) is 6.07 Å². The van der Waals surface area contributed by atoms with Gasteiger partial charge in [-0.05, 0) is 18.2 Å². The molecule has 6 heteroatoms. The standard InChI is InChI=1S/C16H20N2O3.ClH/c1-19-14-9-16(21-3)15(20-2)8-12(14)10-17-11-13-6-4-5-7-18-13;/h4-9,17H,10-11H2,1-3H3;1H/p-1. The van der Waals surface area contributed by atoms with E-state index in [9.17, 15) is 0 Å². The van der Waals surface area contributed by atoms with E-state index in [1.165, 1.54) is 0 Å². The van der Waals surface area contributed by atoms with Crippen molar-refractivity contribution in [1.82, 2.24) is 10.3 Å². The third-order valence-electron chi connectivity index (χ3n) is 3.13. The molecule has 2 rings (SSSR count). The molecule has 0 saturated carbocycles. The zero-order chi connectivity index (χ0) is 15.1. The van der Waals surface area contributed by atoms with Gasteiger partial charge < -0.3 is 31.9 Å². The highest BCUT2D eigenvalue weighted by Gasteiger charge is 2.11. The van der Waals surface area contributed by atoms with Crippen molar-refractivity contribution in [3.05, 3.63) is 47.8 Å². The zero-order valence-electron chi connectivity index (χ0n) is 12.9. The number of rotatable bonds is 7. The fourth-order valence-electron chi connectivity index (χ4n) is 2.06. The molecular weight excluding hydrogens is 304 g/mol. The lowest BCUT2D eigenvalue weighted by Crippen LogP contribution is -3.00. The second-order valence-electron chi connectivity index (χ2n) is 4.44. The number of methoxy groups -OCH3 is 3. The molecule has 0 saturated heterocycles. The van der Waals surface area contributed by atoms with E-state index in [0.29, 0.717) is 24.6 Å². The van der Waals surface area contributed by atoms with Gasteiger partial charge in [0.1, 0.15) is 5.75 Å². The summed E-state index contributed by atoms with van der Waals surface area (Å²) < 4.78 is 16.0. The number of aromatic nitrogens is 1. The summed E-state index contributed by atoms with van der Waals surface area (Å²) in [6.07, 6.45) is 1.79. The lowest BCUT2D eigenvalue weighted by molar-refractivity contribution is -0.00000526. The summed E-state index contributed by atoms with van der Waals surface area (Å²) in [6, 6.07) is 9.61. The first-order chi connectivity index (χ1) is 10.3. The third-order valence-corrected chi connectivity index (χ3v) is 3.13. The van der Waals surface area contributed by atoms with Crippen molar-refractivity contribution in [3.8, 4) is 17.2 Å². The minimum atomic E-state index is 0. The van der Waals surface area contributed by atoms with Gasteiger partial charge in [0.15, 0.2) is 11.5 Å². The van der Waals surface area contributed by atoms with Crippen molar-refractivity contribution < 1.29 is 26.6 Å². The van der Waals surface area contributed by atoms with E-state index in [0.717, 1.165) is 17.0 Å². The Hall–Kier alpha value is -1.98. The van der Waals surface area contributed by atoms with Gasteiger partial charge in [0, 0.05) is 30.9 Å². The van der Waals surface area contributed by atoms with E-state index in [-0.39, 0.29) is 12.4 Å².